The number of cyclic esters (lactones) is 4. The van der Waals surface area contributed by atoms with E-state index in [1.54, 1.807) is 0 Å². The van der Waals surface area contributed by atoms with Crippen LogP contribution >= 0.6 is 0 Å². The van der Waals surface area contributed by atoms with Gasteiger partial charge in [-0.3, -0.25) is 0 Å². The van der Waals surface area contributed by atoms with Gasteiger partial charge >= 0.3 is 35.8 Å². The number of fused-ring (bicyclic) bond motifs is 3. The van der Waals surface area contributed by atoms with Crippen molar-refractivity contribution in [3.63, 3.8) is 0 Å². The van der Waals surface area contributed by atoms with Crippen molar-refractivity contribution in [1.29, 1.82) is 0 Å². The highest BCUT2D eigenvalue weighted by atomic mass is 16.7. The molecule has 12 heteroatoms. The van der Waals surface area contributed by atoms with Crippen LogP contribution in [-0.4, -0.2) is 73.4 Å². The summed E-state index contributed by atoms with van der Waals surface area (Å²) in [6, 6.07) is 7.74. The average Bonchev–Trinajstić information content (AvgIpc) is 3.59. The minimum Gasteiger partial charge on any atom is -0.453 e. The monoisotopic (exact) mass is 494 g/mol. The van der Waals surface area contributed by atoms with Crippen LogP contribution in [0.4, 0.5) is 0 Å². The largest absolute Gasteiger partial charge is 0.453 e. The molecule has 12 nitrogen and oxygen atoms in total. The van der Waals surface area contributed by atoms with Crippen LogP contribution < -0.4 is 0 Å². The molecule has 0 aromatic heterocycles. The third-order valence-electron chi connectivity index (χ3n) is 6.24. The molecule has 0 spiro atoms. The van der Waals surface area contributed by atoms with Crippen molar-refractivity contribution in [2.24, 2.45) is 0 Å². The Labute approximate surface area is 200 Å². The van der Waals surface area contributed by atoms with Gasteiger partial charge in [-0.25, -0.2) is 28.8 Å². The summed E-state index contributed by atoms with van der Waals surface area (Å²) in [5.74, 6) is -4.77. The number of rotatable bonds is 4. The molecule has 4 heterocycles. The van der Waals surface area contributed by atoms with E-state index in [9.17, 15) is 28.8 Å². The molecular formula is C24H14O12. The van der Waals surface area contributed by atoms with E-state index in [1.807, 2.05) is 0 Å². The van der Waals surface area contributed by atoms with Crippen LogP contribution in [-0.2, 0) is 28.4 Å². The van der Waals surface area contributed by atoms with E-state index in [-0.39, 0.29) is 46.6 Å². The Bertz CT molecular complexity index is 1290. The Morgan fingerprint density at radius 2 is 1.00 bits per heavy atom. The molecule has 2 fully saturated rings. The maximum Gasteiger partial charge on any atom is 0.346 e. The van der Waals surface area contributed by atoms with Crippen molar-refractivity contribution in [2.75, 3.05) is 13.2 Å². The Balaban J connectivity index is 1.10. The smallest absolute Gasteiger partial charge is 0.346 e. The summed E-state index contributed by atoms with van der Waals surface area (Å²) in [4.78, 5) is 71.9. The van der Waals surface area contributed by atoms with E-state index in [0.29, 0.717) is 0 Å². The summed E-state index contributed by atoms with van der Waals surface area (Å²) >= 11 is 0. The van der Waals surface area contributed by atoms with Gasteiger partial charge in [0.25, 0.3) is 0 Å². The summed E-state index contributed by atoms with van der Waals surface area (Å²) in [5, 5.41) is 0. The van der Waals surface area contributed by atoms with Gasteiger partial charge < -0.3 is 28.4 Å². The highest BCUT2D eigenvalue weighted by Crippen LogP contribution is 2.32. The predicted molar refractivity (Wildman–Crippen MR) is 110 cm³/mol. The third kappa shape index (κ3) is 3.46. The summed E-state index contributed by atoms with van der Waals surface area (Å²) in [7, 11) is 0. The molecule has 36 heavy (non-hydrogen) atoms. The number of benzene rings is 2. The lowest BCUT2D eigenvalue weighted by Crippen LogP contribution is -2.36. The second kappa shape index (κ2) is 8.07. The molecule has 4 aliphatic rings. The van der Waals surface area contributed by atoms with E-state index < -0.39 is 60.2 Å². The summed E-state index contributed by atoms with van der Waals surface area (Å²) < 4.78 is 31.4. The minimum atomic E-state index is -0.843. The van der Waals surface area contributed by atoms with Crippen molar-refractivity contribution in [3.05, 3.63) is 69.8 Å². The normalized spacial score (nSPS) is 25.7. The molecule has 0 bridgehead atoms. The van der Waals surface area contributed by atoms with Gasteiger partial charge in [0.05, 0.1) is 46.6 Å². The SMILES string of the molecule is O=C(O[C@H]1CO[C@H]2[C@@H]1OC[C@H]2OC(=O)c1ccc2c(c1)C(=O)OC2=O)c1ccc2c(c1)C(=O)OC2=O. The molecule has 0 amide bonds. The van der Waals surface area contributed by atoms with Gasteiger partial charge in [0, 0.05) is 0 Å². The van der Waals surface area contributed by atoms with Gasteiger partial charge in [0.1, 0.15) is 12.2 Å². The lowest BCUT2D eigenvalue weighted by molar-refractivity contribution is -0.0287. The summed E-state index contributed by atoms with van der Waals surface area (Å²) in [5.41, 5.74) is 0.163. The fourth-order valence-electron chi connectivity index (χ4n) is 4.47. The number of esters is 6. The van der Waals surface area contributed by atoms with Crippen molar-refractivity contribution in [2.45, 2.75) is 24.4 Å². The first-order valence-electron chi connectivity index (χ1n) is 10.8. The van der Waals surface area contributed by atoms with Gasteiger partial charge in [0.15, 0.2) is 12.2 Å². The van der Waals surface area contributed by atoms with E-state index in [0.717, 1.165) is 0 Å². The van der Waals surface area contributed by atoms with Crippen LogP contribution in [0, 0.1) is 0 Å². The van der Waals surface area contributed by atoms with Gasteiger partial charge in [0.2, 0.25) is 0 Å². The standard InChI is InChI=1S/C24H14O12/c25-19(9-1-3-11-13(5-9)23(29)35-21(11)27)33-15-7-31-18-16(8-32-17(15)18)34-20(26)10-2-4-12-14(6-10)24(30)36-22(12)28/h1-6,15-18H,7-8H2/t15-,16+,17-,18-/m1/s1. The molecule has 2 aromatic carbocycles. The first kappa shape index (κ1) is 22.1. The van der Waals surface area contributed by atoms with Crippen molar-refractivity contribution < 1.29 is 57.2 Å². The number of carbonyl (C=O) groups excluding carboxylic acids is 6. The van der Waals surface area contributed by atoms with Gasteiger partial charge in [-0.05, 0) is 36.4 Å². The molecular weight excluding hydrogens is 480 g/mol. The molecule has 182 valence electrons. The fourth-order valence-corrected chi connectivity index (χ4v) is 4.47. The Hall–Kier alpha value is -4.42. The molecule has 0 radical (unpaired) electrons. The van der Waals surface area contributed by atoms with E-state index in [2.05, 4.69) is 9.47 Å². The fraction of sp³-hybridized carbons (Fsp3) is 0.250. The summed E-state index contributed by atoms with van der Waals surface area (Å²) in [6.07, 6.45) is -3.04. The molecule has 0 unspecified atom stereocenters. The zero-order chi connectivity index (χ0) is 25.1. The van der Waals surface area contributed by atoms with E-state index in [1.165, 1.54) is 36.4 Å². The van der Waals surface area contributed by atoms with Gasteiger partial charge in [-0.1, -0.05) is 0 Å². The Morgan fingerprint density at radius 1 is 0.611 bits per heavy atom. The van der Waals surface area contributed by atoms with Gasteiger partial charge in [-0.15, -0.1) is 0 Å². The highest BCUT2D eigenvalue weighted by Gasteiger charge is 2.51. The second-order valence-corrected chi connectivity index (χ2v) is 8.36. The van der Waals surface area contributed by atoms with Crippen LogP contribution in [0.1, 0.15) is 62.1 Å². The van der Waals surface area contributed by atoms with Crippen LogP contribution in [0.5, 0.6) is 0 Å². The summed E-state index contributed by atoms with van der Waals surface area (Å²) in [6.45, 7) is -0.0409. The molecule has 4 aliphatic heterocycles. The maximum atomic E-state index is 12.6. The number of carbonyl (C=O) groups is 6. The van der Waals surface area contributed by atoms with E-state index in [4.69, 9.17) is 18.9 Å². The van der Waals surface area contributed by atoms with Crippen molar-refractivity contribution in [3.8, 4) is 0 Å². The van der Waals surface area contributed by atoms with Crippen molar-refractivity contribution >= 4 is 35.8 Å². The lowest BCUT2D eigenvalue weighted by Gasteiger charge is -2.17. The Kier molecular flexibility index (Phi) is 4.95. The first-order chi connectivity index (χ1) is 17.3. The molecule has 0 N–H and O–H groups in total. The molecule has 6 rings (SSSR count). The van der Waals surface area contributed by atoms with Crippen LogP contribution in [0.15, 0.2) is 36.4 Å². The molecule has 2 saturated heterocycles. The number of ether oxygens (including phenoxy) is 6. The lowest BCUT2D eigenvalue weighted by atomic mass is 10.1. The topological polar surface area (TPSA) is 158 Å². The number of hydrogen-bond acceptors (Lipinski definition) is 12. The highest BCUT2D eigenvalue weighted by molar-refractivity contribution is 6.16. The first-order valence-corrected chi connectivity index (χ1v) is 10.8. The van der Waals surface area contributed by atoms with Gasteiger partial charge in [-0.2, -0.15) is 0 Å². The minimum absolute atomic E-state index is 0.0204. The zero-order valence-electron chi connectivity index (χ0n) is 18.1. The number of hydrogen-bond donors (Lipinski definition) is 0. The van der Waals surface area contributed by atoms with Crippen LogP contribution in [0.25, 0.3) is 0 Å². The average molecular weight is 494 g/mol. The zero-order valence-corrected chi connectivity index (χ0v) is 18.1. The Morgan fingerprint density at radius 3 is 1.42 bits per heavy atom. The van der Waals surface area contributed by atoms with Crippen LogP contribution in [0.2, 0.25) is 0 Å². The molecule has 2 aromatic rings. The quantitative estimate of drug-likeness (QED) is 0.336. The predicted octanol–water partition coefficient (Wildman–Crippen LogP) is 0.856. The maximum absolute atomic E-state index is 12.6. The van der Waals surface area contributed by atoms with Crippen LogP contribution in [0.3, 0.4) is 0 Å². The third-order valence-corrected chi connectivity index (χ3v) is 6.24. The van der Waals surface area contributed by atoms with E-state index >= 15 is 0 Å². The second-order valence-electron chi connectivity index (χ2n) is 8.36. The molecule has 4 atom stereocenters. The molecule has 0 aliphatic carbocycles. The molecule has 0 saturated carbocycles. The van der Waals surface area contributed by atoms with Crippen molar-refractivity contribution in [1.82, 2.24) is 0 Å².